The molecule has 0 aliphatic carbocycles. The minimum Gasteiger partial charge on any atom is -0.463 e. The molecule has 0 saturated heterocycles. The zero-order valence-corrected chi connectivity index (χ0v) is 12.1. The van der Waals surface area contributed by atoms with Crippen molar-refractivity contribution in [1.29, 1.82) is 0 Å². The van der Waals surface area contributed by atoms with E-state index in [4.69, 9.17) is 19.9 Å². The van der Waals surface area contributed by atoms with Crippen molar-refractivity contribution < 1.29 is 14.2 Å². The van der Waals surface area contributed by atoms with Crippen LogP contribution in [0.4, 0.5) is 5.95 Å². The highest BCUT2D eigenvalue weighted by Gasteiger charge is 2.08. The number of nitrogens with zero attached hydrogens (tertiary/aromatic N) is 3. The molecule has 0 bridgehead atoms. The number of ether oxygens (including phenoxy) is 3. The van der Waals surface area contributed by atoms with E-state index in [-0.39, 0.29) is 18.0 Å². The van der Waals surface area contributed by atoms with Crippen LogP contribution in [0.2, 0.25) is 0 Å². The maximum Gasteiger partial charge on any atom is 0.330 e. The number of anilines is 1. The van der Waals surface area contributed by atoms with Gasteiger partial charge in [-0.15, -0.1) is 4.98 Å². The summed E-state index contributed by atoms with van der Waals surface area (Å²) in [6.45, 7) is 3.00. The van der Waals surface area contributed by atoms with Crippen LogP contribution in [0.5, 0.6) is 17.8 Å². The minimum atomic E-state index is 0.0548. The van der Waals surface area contributed by atoms with Crippen LogP contribution in [-0.2, 0) is 11.3 Å². The number of nitrogen functional groups attached to an aromatic ring is 1. The Morgan fingerprint density at radius 1 is 1.14 bits per heavy atom. The molecular weight excluding hydrogens is 272 g/mol. The highest BCUT2D eigenvalue weighted by molar-refractivity contribution is 5.31. The van der Waals surface area contributed by atoms with Gasteiger partial charge in [0.05, 0.1) is 13.2 Å². The van der Waals surface area contributed by atoms with Gasteiger partial charge in [0.1, 0.15) is 5.75 Å². The highest BCUT2D eigenvalue weighted by atomic mass is 16.5. The van der Waals surface area contributed by atoms with Crippen molar-refractivity contribution in [3.8, 4) is 17.8 Å². The average molecular weight is 290 g/mol. The van der Waals surface area contributed by atoms with Crippen LogP contribution < -0.4 is 15.2 Å². The summed E-state index contributed by atoms with van der Waals surface area (Å²) in [5.74, 6) is 0.649. The van der Waals surface area contributed by atoms with Crippen LogP contribution in [0.25, 0.3) is 0 Å². The maximum absolute atomic E-state index is 5.62. The predicted octanol–water partition coefficient (Wildman–Crippen LogP) is 2.18. The monoisotopic (exact) mass is 290 g/mol. The van der Waals surface area contributed by atoms with E-state index in [0.717, 1.165) is 12.0 Å². The molecule has 0 atom stereocenters. The molecule has 2 rings (SSSR count). The second kappa shape index (κ2) is 7.39. The maximum atomic E-state index is 5.62. The smallest absolute Gasteiger partial charge is 0.330 e. The second-order valence-electron chi connectivity index (χ2n) is 4.29. The lowest BCUT2D eigenvalue weighted by atomic mass is 10.2. The SMILES string of the molecule is CCCOc1nc(N)nc(Oc2cccc(COC)c2)n1. The zero-order chi connectivity index (χ0) is 15.1. The Hall–Kier alpha value is -2.41. The predicted molar refractivity (Wildman–Crippen MR) is 77.3 cm³/mol. The summed E-state index contributed by atoms with van der Waals surface area (Å²) in [6.07, 6.45) is 0.848. The molecule has 1 heterocycles. The molecule has 1 aromatic carbocycles. The van der Waals surface area contributed by atoms with Gasteiger partial charge in [0.2, 0.25) is 5.95 Å². The summed E-state index contributed by atoms with van der Waals surface area (Å²) in [7, 11) is 1.64. The molecular formula is C14H18N4O3. The molecule has 0 aliphatic heterocycles. The van der Waals surface area contributed by atoms with E-state index >= 15 is 0 Å². The van der Waals surface area contributed by atoms with Crippen molar-refractivity contribution in [1.82, 2.24) is 15.0 Å². The lowest BCUT2D eigenvalue weighted by Crippen LogP contribution is -2.05. The molecule has 0 spiro atoms. The van der Waals surface area contributed by atoms with Crippen LogP contribution in [0, 0.1) is 0 Å². The third-order valence-electron chi connectivity index (χ3n) is 2.47. The molecule has 0 unspecified atom stereocenters. The first-order chi connectivity index (χ1) is 10.2. The van der Waals surface area contributed by atoms with Crippen LogP contribution in [-0.4, -0.2) is 28.7 Å². The first-order valence-electron chi connectivity index (χ1n) is 6.61. The molecule has 7 heteroatoms. The lowest BCUT2D eigenvalue weighted by molar-refractivity contribution is 0.184. The van der Waals surface area contributed by atoms with E-state index in [9.17, 15) is 0 Å². The highest BCUT2D eigenvalue weighted by Crippen LogP contribution is 2.21. The Labute approximate surface area is 123 Å². The Balaban J connectivity index is 2.14. The van der Waals surface area contributed by atoms with Gasteiger partial charge in [0, 0.05) is 7.11 Å². The number of hydrogen-bond donors (Lipinski definition) is 1. The molecule has 7 nitrogen and oxygen atoms in total. The topological polar surface area (TPSA) is 92.4 Å². The van der Waals surface area contributed by atoms with Gasteiger partial charge in [-0.1, -0.05) is 19.1 Å². The van der Waals surface area contributed by atoms with Crippen LogP contribution >= 0.6 is 0 Å². The molecule has 0 aliphatic rings. The van der Waals surface area contributed by atoms with Gasteiger partial charge in [-0.2, -0.15) is 9.97 Å². The second-order valence-corrected chi connectivity index (χ2v) is 4.29. The van der Waals surface area contributed by atoms with Crippen LogP contribution in [0.1, 0.15) is 18.9 Å². The largest absolute Gasteiger partial charge is 0.463 e. The fourth-order valence-electron chi connectivity index (χ4n) is 1.63. The summed E-state index contributed by atoms with van der Waals surface area (Å²) in [4.78, 5) is 11.9. The van der Waals surface area contributed by atoms with Crippen molar-refractivity contribution in [3.05, 3.63) is 29.8 Å². The zero-order valence-electron chi connectivity index (χ0n) is 12.1. The number of aromatic nitrogens is 3. The van der Waals surface area contributed by atoms with Gasteiger partial charge in [-0.25, -0.2) is 0 Å². The molecule has 112 valence electrons. The van der Waals surface area contributed by atoms with Gasteiger partial charge in [0.25, 0.3) is 0 Å². The number of rotatable bonds is 7. The van der Waals surface area contributed by atoms with Crippen molar-refractivity contribution >= 4 is 5.95 Å². The standard InChI is InChI=1S/C14H18N4O3/c1-3-7-20-13-16-12(15)17-14(18-13)21-11-6-4-5-10(8-11)9-19-2/h4-6,8H,3,7,9H2,1-2H3,(H2,15,16,17,18). The molecule has 0 amide bonds. The van der Waals surface area contributed by atoms with E-state index < -0.39 is 0 Å². The summed E-state index contributed by atoms with van der Waals surface area (Å²) < 4.78 is 16.0. The van der Waals surface area contributed by atoms with E-state index in [1.54, 1.807) is 13.2 Å². The van der Waals surface area contributed by atoms with Crippen molar-refractivity contribution in [2.75, 3.05) is 19.5 Å². The van der Waals surface area contributed by atoms with E-state index in [2.05, 4.69) is 15.0 Å². The van der Waals surface area contributed by atoms with Gasteiger partial charge >= 0.3 is 12.0 Å². The summed E-state index contributed by atoms with van der Waals surface area (Å²) in [6, 6.07) is 7.70. The van der Waals surface area contributed by atoms with Gasteiger partial charge in [-0.3, -0.25) is 0 Å². The van der Waals surface area contributed by atoms with E-state index in [1.807, 2.05) is 25.1 Å². The Morgan fingerprint density at radius 3 is 2.71 bits per heavy atom. The normalized spacial score (nSPS) is 10.4. The Morgan fingerprint density at radius 2 is 1.95 bits per heavy atom. The number of methoxy groups -OCH3 is 1. The van der Waals surface area contributed by atoms with Crippen molar-refractivity contribution in [3.63, 3.8) is 0 Å². The quantitative estimate of drug-likeness (QED) is 0.835. The molecule has 0 saturated carbocycles. The molecule has 0 fully saturated rings. The van der Waals surface area contributed by atoms with Crippen LogP contribution in [0.3, 0.4) is 0 Å². The summed E-state index contributed by atoms with van der Waals surface area (Å²) >= 11 is 0. The number of hydrogen-bond acceptors (Lipinski definition) is 7. The number of benzene rings is 1. The fraction of sp³-hybridized carbons (Fsp3) is 0.357. The summed E-state index contributed by atoms with van der Waals surface area (Å²) in [5.41, 5.74) is 6.61. The summed E-state index contributed by atoms with van der Waals surface area (Å²) in [5, 5.41) is 0. The van der Waals surface area contributed by atoms with Crippen molar-refractivity contribution in [2.24, 2.45) is 0 Å². The fourth-order valence-corrected chi connectivity index (χ4v) is 1.63. The van der Waals surface area contributed by atoms with Crippen molar-refractivity contribution in [2.45, 2.75) is 20.0 Å². The molecule has 21 heavy (non-hydrogen) atoms. The Bertz CT molecular complexity index is 592. The number of nitrogens with two attached hydrogens (primary N) is 1. The molecule has 1 aromatic heterocycles. The third-order valence-corrected chi connectivity index (χ3v) is 2.47. The third kappa shape index (κ3) is 4.57. The first-order valence-corrected chi connectivity index (χ1v) is 6.61. The van der Waals surface area contributed by atoms with E-state index in [0.29, 0.717) is 19.0 Å². The van der Waals surface area contributed by atoms with Gasteiger partial charge in [0.15, 0.2) is 0 Å². The Kier molecular flexibility index (Phi) is 5.28. The molecule has 0 radical (unpaired) electrons. The van der Waals surface area contributed by atoms with Gasteiger partial charge in [-0.05, 0) is 24.1 Å². The molecule has 2 N–H and O–H groups in total. The first kappa shape index (κ1) is 15.0. The lowest BCUT2D eigenvalue weighted by Gasteiger charge is -2.08. The minimum absolute atomic E-state index is 0.0548. The van der Waals surface area contributed by atoms with Crippen LogP contribution in [0.15, 0.2) is 24.3 Å². The average Bonchev–Trinajstić information content (AvgIpc) is 2.45. The molecule has 2 aromatic rings. The van der Waals surface area contributed by atoms with Gasteiger partial charge < -0.3 is 19.9 Å². The van der Waals surface area contributed by atoms with E-state index in [1.165, 1.54) is 0 Å².